The summed E-state index contributed by atoms with van der Waals surface area (Å²) in [6.45, 7) is 0. The van der Waals surface area contributed by atoms with Crippen LogP contribution in [-0.4, -0.2) is 16.8 Å². The molecule has 0 saturated heterocycles. The molecular weight excluding hydrogens is 314 g/mol. The van der Waals surface area contributed by atoms with Crippen LogP contribution in [0.15, 0.2) is 54.6 Å². The van der Waals surface area contributed by atoms with Gasteiger partial charge < -0.3 is 10.4 Å². The average molecular weight is 328 g/mol. The van der Waals surface area contributed by atoms with Gasteiger partial charge in [0.15, 0.2) is 11.4 Å². The molecule has 2 aromatic carbocycles. The number of hydrogen-bond donors (Lipinski definition) is 2. The molecule has 23 heavy (non-hydrogen) atoms. The van der Waals surface area contributed by atoms with Crippen LogP contribution in [0.1, 0.15) is 17.5 Å². The number of carbonyl (C=O) groups excluding carboxylic acids is 2. The van der Waals surface area contributed by atoms with Crippen molar-refractivity contribution in [2.45, 2.75) is 12.0 Å². The number of aliphatic hydroxyl groups is 1. The fourth-order valence-electron chi connectivity index (χ4n) is 2.56. The topological polar surface area (TPSA) is 66.4 Å². The van der Waals surface area contributed by atoms with Gasteiger partial charge in [-0.05, 0) is 29.8 Å². The van der Waals surface area contributed by atoms with E-state index >= 15 is 0 Å². The van der Waals surface area contributed by atoms with Crippen LogP contribution in [0.4, 0.5) is 5.69 Å². The first kappa shape index (κ1) is 15.5. The zero-order chi connectivity index (χ0) is 16.4. The number of carbonyl (C=O) groups is 2. The highest BCUT2D eigenvalue weighted by atomic mass is 35.5. The number of amides is 1. The number of rotatable bonds is 4. The quantitative estimate of drug-likeness (QED) is 0.848. The van der Waals surface area contributed by atoms with Crippen LogP contribution >= 0.6 is 11.6 Å². The average Bonchev–Trinajstić information content (AvgIpc) is 2.78. The highest BCUT2D eigenvalue weighted by molar-refractivity contribution is 6.31. The molecule has 1 amide bonds. The maximum atomic E-state index is 12.2. The molecule has 1 heterocycles. The van der Waals surface area contributed by atoms with Crippen molar-refractivity contribution in [3.63, 3.8) is 0 Å². The summed E-state index contributed by atoms with van der Waals surface area (Å²) < 4.78 is 0. The Bertz CT molecular complexity index is 801. The zero-order valence-corrected chi connectivity index (χ0v) is 12.9. The lowest BCUT2D eigenvalue weighted by molar-refractivity contribution is -0.138. The Morgan fingerprint density at radius 3 is 2.70 bits per heavy atom. The Kier molecular flexibility index (Phi) is 4.03. The van der Waals surface area contributed by atoms with E-state index in [4.69, 9.17) is 11.6 Å². The van der Waals surface area contributed by atoms with E-state index in [-0.39, 0.29) is 12.2 Å². The van der Waals surface area contributed by atoms with Crippen molar-refractivity contribution in [3.8, 4) is 0 Å². The molecule has 0 aromatic heterocycles. The second kappa shape index (κ2) is 5.99. The molecule has 1 atom stereocenters. The monoisotopic (exact) mass is 327 g/mol. The molecule has 2 N–H and O–H groups in total. The SMILES string of the molecule is O=C(/C=C/c1ccccc1)C[C@@]1(O)C(=O)Nc2ccc(Cl)cc21. The van der Waals surface area contributed by atoms with Gasteiger partial charge in [-0.1, -0.05) is 48.0 Å². The summed E-state index contributed by atoms with van der Waals surface area (Å²) in [6, 6.07) is 14.0. The van der Waals surface area contributed by atoms with Crippen molar-refractivity contribution in [2.24, 2.45) is 0 Å². The predicted molar refractivity (Wildman–Crippen MR) is 89.1 cm³/mol. The van der Waals surface area contributed by atoms with Gasteiger partial charge in [-0.2, -0.15) is 0 Å². The Labute approximate surface area is 138 Å². The molecule has 116 valence electrons. The van der Waals surface area contributed by atoms with Crippen molar-refractivity contribution in [3.05, 3.63) is 70.8 Å². The van der Waals surface area contributed by atoms with Gasteiger partial charge >= 0.3 is 0 Å². The summed E-state index contributed by atoms with van der Waals surface area (Å²) in [5.41, 5.74) is -0.219. The molecule has 5 heteroatoms. The van der Waals surface area contributed by atoms with E-state index in [1.807, 2.05) is 30.3 Å². The first-order valence-electron chi connectivity index (χ1n) is 7.09. The molecule has 1 aliphatic heterocycles. The van der Waals surface area contributed by atoms with Crippen molar-refractivity contribution >= 4 is 35.1 Å². The second-order valence-corrected chi connectivity index (χ2v) is 5.83. The first-order valence-corrected chi connectivity index (χ1v) is 7.47. The maximum absolute atomic E-state index is 12.2. The fraction of sp³-hybridized carbons (Fsp3) is 0.111. The molecular formula is C18H14ClNO3. The molecule has 0 spiro atoms. The highest BCUT2D eigenvalue weighted by Crippen LogP contribution is 2.39. The maximum Gasteiger partial charge on any atom is 0.261 e. The van der Waals surface area contributed by atoms with E-state index in [0.717, 1.165) is 5.56 Å². The normalized spacial score (nSPS) is 19.7. The van der Waals surface area contributed by atoms with Crippen LogP contribution < -0.4 is 5.32 Å². The third-order valence-electron chi connectivity index (χ3n) is 3.74. The fourth-order valence-corrected chi connectivity index (χ4v) is 2.73. The Hall–Kier alpha value is -2.43. The number of halogens is 1. The van der Waals surface area contributed by atoms with E-state index in [0.29, 0.717) is 16.3 Å². The van der Waals surface area contributed by atoms with E-state index in [9.17, 15) is 14.7 Å². The molecule has 0 saturated carbocycles. The number of nitrogens with one attached hydrogen (secondary N) is 1. The van der Waals surface area contributed by atoms with Gasteiger partial charge in [-0.15, -0.1) is 0 Å². The molecule has 0 aliphatic carbocycles. The highest BCUT2D eigenvalue weighted by Gasteiger charge is 2.46. The Balaban J connectivity index is 1.82. The van der Waals surface area contributed by atoms with Gasteiger partial charge in [0.25, 0.3) is 5.91 Å². The third kappa shape index (κ3) is 3.04. The molecule has 4 nitrogen and oxygen atoms in total. The van der Waals surface area contributed by atoms with Crippen molar-refractivity contribution in [1.82, 2.24) is 0 Å². The number of ketones is 1. The van der Waals surface area contributed by atoms with Crippen molar-refractivity contribution in [2.75, 3.05) is 5.32 Å². The van der Waals surface area contributed by atoms with E-state index in [1.165, 1.54) is 12.1 Å². The molecule has 1 aliphatic rings. The number of hydrogen-bond acceptors (Lipinski definition) is 3. The summed E-state index contributed by atoms with van der Waals surface area (Å²) >= 11 is 5.93. The lowest BCUT2D eigenvalue weighted by atomic mass is 9.89. The number of allylic oxidation sites excluding steroid dienone is 1. The summed E-state index contributed by atoms with van der Waals surface area (Å²) in [6.07, 6.45) is 2.68. The number of benzene rings is 2. The molecule has 3 rings (SSSR count). The van der Waals surface area contributed by atoms with E-state index < -0.39 is 11.5 Å². The molecule has 0 unspecified atom stereocenters. The molecule has 0 fully saturated rings. The van der Waals surface area contributed by atoms with Crippen LogP contribution in [0.5, 0.6) is 0 Å². The van der Waals surface area contributed by atoms with Gasteiger partial charge in [-0.3, -0.25) is 9.59 Å². The lowest BCUT2D eigenvalue weighted by Crippen LogP contribution is -2.36. The third-order valence-corrected chi connectivity index (χ3v) is 3.98. The van der Waals surface area contributed by atoms with Gasteiger partial charge in [0, 0.05) is 16.3 Å². The van der Waals surface area contributed by atoms with Crippen LogP contribution in [0.2, 0.25) is 5.02 Å². The van der Waals surface area contributed by atoms with Gasteiger partial charge in [0.2, 0.25) is 0 Å². The van der Waals surface area contributed by atoms with Crippen LogP contribution in [0, 0.1) is 0 Å². The van der Waals surface area contributed by atoms with Gasteiger partial charge in [0.05, 0.1) is 6.42 Å². The van der Waals surface area contributed by atoms with Crippen molar-refractivity contribution in [1.29, 1.82) is 0 Å². The van der Waals surface area contributed by atoms with Crippen LogP contribution in [0.25, 0.3) is 6.08 Å². The largest absolute Gasteiger partial charge is 0.375 e. The summed E-state index contributed by atoms with van der Waals surface area (Å²) in [4.78, 5) is 24.3. The van der Waals surface area contributed by atoms with E-state index in [1.54, 1.807) is 18.2 Å². The summed E-state index contributed by atoms with van der Waals surface area (Å²) in [5.74, 6) is -0.962. The minimum atomic E-state index is -1.89. The summed E-state index contributed by atoms with van der Waals surface area (Å²) in [5, 5.41) is 13.6. The van der Waals surface area contributed by atoms with Gasteiger partial charge in [-0.25, -0.2) is 0 Å². The lowest BCUT2D eigenvalue weighted by Gasteiger charge is -2.19. The minimum Gasteiger partial charge on any atom is -0.375 e. The molecule has 0 radical (unpaired) electrons. The predicted octanol–water partition coefficient (Wildman–Crippen LogP) is 3.15. The minimum absolute atomic E-state index is 0.330. The smallest absolute Gasteiger partial charge is 0.261 e. The van der Waals surface area contributed by atoms with Crippen LogP contribution in [-0.2, 0) is 15.2 Å². The molecule has 2 aromatic rings. The summed E-state index contributed by atoms with van der Waals surface area (Å²) in [7, 11) is 0. The van der Waals surface area contributed by atoms with E-state index in [2.05, 4.69) is 5.32 Å². The number of fused-ring (bicyclic) bond motifs is 1. The number of anilines is 1. The van der Waals surface area contributed by atoms with Crippen molar-refractivity contribution < 1.29 is 14.7 Å². The standard InChI is InChI=1S/C18H14ClNO3/c19-13-7-9-16-15(10-13)18(23,17(22)20-16)11-14(21)8-6-12-4-2-1-3-5-12/h1-10,23H,11H2,(H,20,22)/b8-6+/t18-/m0/s1. The first-order chi connectivity index (χ1) is 11.0. The van der Waals surface area contributed by atoms with Crippen LogP contribution in [0.3, 0.4) is 0 Å². The Morgan fingerprint density at radius 1 is 1.22 bits per heavy atom. The Morgan fingerprint density at radius 2 is 1.96 bits per heavy atom. The zero-order valence-electron chi connectivity index (χ0n) is 12.1. The molecule has 0 bridgehead atoms. The van der Waals surface area contributed by atoms with Gasteiger partial charge in [0.1, 0.15) is 0 Å². The second-order valence-electron chi connectivity index (χ2n) is 5.39.